The van der Waals surface area contributed by atoms with Crippen LogP contribution in [0.2, 0.25) is 0 Å². The molecule has 127 heavy (non-hydrogen) atoms. The first-order chi connectivity index (χ1) is 60.5. The molecule has 9 amide bonds. The predicted octanol–water partition coefficient (Wildman–Crippen LogP) is -1.57. The molecule has 670 valence electrons. The van der Waals surface area contributed by atoms with Gasteiger partial charge in [-0.05, 0) is 26.0 Å². The molecular weight excluding hydrogens is 1680 g/mol. The maximum absolute atomic E-state index is 14.5. The van der Waals surface area contributed by atoms with E-state index in [1.54, 1.807) is 13.8 Å². The fourth-order valence-corrected chi connectivity index (χ4v) is 20.0. The quantitative estimate of drug-likeness (QED) is 0.0185. The van der Waals surface area contributed by atoms with Crippen LogP contribution >= 0.6 is 0 Å². The highest BCUT2D eigenvalue weighted by atomic mass is 16.7. The number of ether oxygens (including phenoxy) is 11. The number of hydrogen-bond acceptors (Lipinski definition) is 37. The van der Waals surface area contributed by atoms with Crippen molar-refractivity contribution in [3.05, 3.63) is 127 Å². The molecule has 0 aromatic heterocycles. The van der Waals surface area contributed by atoms with Crippen LogP contribution in [0, 0.1) is 11.8 Å². The number of ketones is 6. The van der Waals surface area contributed by atoms with E-state index in [1.165, 1.54) is 62.6 Å². The number of morpholine rings is 1. The number of nitrogens with zero attached hydrogens (tertiary/aromatic N) is 7. The lowest BCUT2D eigenvalue weighted by Gasteiger charge is -2.45. The smallest absolute Gasteiger partial charge is 0.312 e. The first-order valence-corrected chi connectivity index (χ1v) is 40.9. The maximum Gasteiger partial charge on any atom is 0.312 e. The lowest BCUT2D eigenvalue weighted by atomic mass is 9.72. The van der Waals surface area contributed by atoms with Crippen LogP contribution in [0.1, 0.15) is 163 Å². The number of piperazine rings is 1. The molecule has 4 aromatic carbocycles. The third-order valence-electron chi connectivity index (χ3n) is 26.2. The summed E-state index contributed by atoms with van der Waals surface area (Å²) >= 11 is 0. The SMILES string of the molecule is CO[C@H]1OCCN2[C@@H]1O[C@@H]1[C@H](C)O[C@@H](O[C@H]3C[C@](O)(C(=O)CO)Cc4c(O)c5c(c(O)c43)C(=O)c3c(OC(=O)CC4CC(=O)N(CN6C(=O)C=CC6=O)C4=O)cccc3C5=O)C[C@@H]12.COc1cccc2c1C(=O)c1c(O)c3c(c(O)c1C2=O)C[C@@](O)(C(=O)CO)C[C@@H]3O[C@H]1C[C@H]2[C@H](O[C@@H]3[C@@H](OC)N(C(=O)CC4CC(=O)N(CN5C(=O)C=CC5=O)C4=O)CCN32)[C@H](C)O1. The fourth-order valence-electron chi connectivity index (χ4n) is 20.0. The highest BCUT2D eigenvalue weighted by Crippen LogP contribution is 2.56. The van der Waals surface area contributed by atoms with E-state index in [4.69, 9.17) is 52.1 Å². The van der Waals surface area contributed by atoms with Crippen LogP contribution in [0.15, 0.2) is 60.7 Å². The second-order valence-electron chi connectivity index (χ2n) is 33.3. The van der Waals surface area contributed by atoms with Crippen LogP contribution in [0.25, 0.3) is 0 Å². The minimum atomic E-state index is -2.37. The molecule has 4 aliphatic carbocycles. The van der Waals surface area contributed by atoms with E-state index in [-0.39, 0.29) is 89.5 Å². The number of rotatable bonds is 20. The molecule has 0 radical (unpaired) electrons. The summed E-state index contributed by atoms with van der Waals surface area (Å²) in [6.07, 6.45) is -10.3. The van der Waals surface area contributed by atoms with Crippen molar-refractivity contribution in [3.63, 3.8) is 0 Å². The monoisotopic (exact) mass is 1760 g/mol. The van der Waals surface area contributed by atoms with E-state index in [0.717, 1.165) is 34.1 Å². The second kappa shape index (κ2) is 33.2. The summed E-state index contributed by atoms with van der Waals surface area (Å²) in [6.45, 7) is 1.34. The van der Waals surface area contributed by atoms with Gasteiger partial charge in [0, 0.05) is 161 Å². The number of aliphatic hydroxyl groups excluding tert-OH is 2. The summed E-state index contributed by atoms with van der Waals surface area (Å²) in [5.41, 5.74) is -9.04. The van der Waals surface area contributed by atoms with Crippen molar-refractivity contribution in [2.45, 2.75) is 176 Å². The first-order valence-electron chi connectivity index (χ1n) is 40.9. The van der Waals surface area contributed by atoms with Crippen molar-refractivity contribution in [2.75, 3.05) is 74.1 Å². The fraction of sp³-hybridized carbons (Fsp3) is 0.482. The number of Topliss-reactive ketones (excluding diaryl/α,β-unsaturated/α-hetero) is 2. The number of phenols is 4. The molecule has 18 atom stereocenters. The molecule has 0 spiro atoms. The van der Waals surface area contributed by atoms with Gasteiger partial charge < -0.3 is 97.9 Å². The summed E-state index contributed by atoms with van der Waals surface area (Å²) < 4.78 is 66.1. The van der Waals surface area contributed by atoms with Gasteiger partial charge in [-0.1, -0.05) is 24.3 Å². The molecule has 0 bridgehead atoms. The number of fused-ring (bicyclic) bond motifs is 12. The predicted molar refractivity (Wildman–Crippen MR) is 413 cm³/mol. The van der Waals surface area contributed by atoms with E-state index in [0.29, 0.717) is 23.0 Å². The maximum atomic E-state index is 14.5. The Morgan fingerprint density at radius 1 is 0.504 bits per heavy atom. The molecule has 42 heteroatoms. The number of aromatic hydroxyl groups is 4. The Labute approximate surface area is 718 Å². The number of hydrogen-bond donors (Lipinski definition) is 8. The third kappa shape index (κ3) is 14.5. The number of imide groups is 4. The summed E-state index contributed by atoms with van der Waals surface area (Å²) in [5, 5.41) is 90.7. The molecule has 8 N–H and O–H groups in total. The summed E-state index contributed by atoms with van der Waals surface area (Å²) in [5.74, 6) is -18.8. The summed E-state index contributed by atoms with van der Waals surface area (Å²) in [7, 11) is 4.19. The van der Waals surface area contributed by atoms with E-state index >= 15 is 0 Å². The normalized spacial score (nSPS) is 31.1. The van der Waals surface area contributed by atoms with Crippen LogP contribution in [-0.2, 0) is 113 Å². The van der Waals surface area contributed by atoms with Crippen LogP contribution in [-0.4, -0.2) is 328 Å². The van der Waals surface area contributed by atoms with Crippen molar-refractivity contribution < 1.29 is 170 Å². The van der Waals surface area contributed by atoms with Gasteiger partial charge in [0.2, 0.25) is 41.1 Å². The average molecular weight is 1760 g/mol. The molecule has 18 rings (SSSR count). The number of carbonyl (C=O) groups is 16. The number of carbonyl (C=O) groups excluding carboxylic acids is 16. The Morgan fingerprint density at radius 3 is 1.40 bits per heavy atom. The van der Waals surface area contributed by atoms with Gasteiger partial charge in [0.1, 0.15) is 84.5 Å². The van der Waals surface area contributed by atoms with Gasteiger partial charge in [-0.2, -0.15) is 0 Å². The molecule has 4 aromatic rings. The molecule has 8 fully saturated rings. The Kier molecular flexibility index (Phi) is 22.8. The van der Waals surface area contributed by atoms with Gasteiger partial charge in [0.05, 0.1) is 89.8 Å². The minimum absolute atomic E-state index is 0.0587. The van der Waals surface area contributed by atoms with Crippen molar-refractivity contribution >= 4 is 93.8 Å². The lowest BCUT2D eigenvalue weighted by molar-refractivity contribution is -0.256. The van der Waals surface area contributed by atoms with Crippen molar-refractivity contribution in [1.82, 2.24) is 34.3 Å². The Hall–Kier alpha value is -11.7. The molecular formula is C85H85N7O35. The Balaban J connectivity index is 0.000000179. The number of aliphatic hydroxyl groups is 4. The highest BCUT2D eigenvalue weighted by Gasteiger charge is 2.60. The molecule has 42 nitrogen and oxygen atoms in total. The topological polar surface area (TPSA) is 559 Å². The molecule has 14 aliphatic rings. The van der Waals surface area contributed by atoms with Crippen LogP contribution in [0.3, 0.4) is 0 Å². The van der Waals surface area contributed by atoms with Gasteiger partial charge in [0.15, 0.2) is 60.7 Å². The third-order valence-corrected chi connectivity index (χ3v) is 26.2. The standard InChI is InChI=1S/C43H44N4O17.C42H41N3O18/c1-18-39-22(44-9-10-45(41(61-3)42(44)64-39)28(52)11-19-12-29(53)47(40(19)58)17-46-26(50)7-8-27(46)51)13-30(62-18)63-24-15-43(59,25(49)16-48)14-21-32(24)38(57)34-33(36(21)55)35(54)20-5-4-6-23(60-2)31(20)37(34)56;1-17-38-21(43-8-9-59-41(58-2)40(43)63-38)12-29(60-17)62-23-14-42(57,24(47)15-46)13-20-31(23)37(55)33-32(35(20)53)34(52)19-4-3-5-22(30(19)36(33)54)61-28(51)11-18-10-27(50)45(39(18)56)16-44-25(48)6-7-26(44)49/h4-8,18-19,22,24,30,39,41-42,48,55,57,59H,9-17H2,1-3H3;3-7,17-18,21,23,29,38,40-41,46,53,55,57H,8-16H2,1-2H3/t18-,19?,22-,24-,30-,39+,41+,42+,43-;17-,18?,21-,23-,29-,38+,40+,41-,42-/m00/s1. The summed E-state index contributed by atoms with van der Waals surface area (Å²) in [6, 6.07) is 7.30. The second-order valence-corrected chi connectivity index (χ2v) is 33.3. The van der Waals surface area contributed by atoms with Crippen molar-refractivity contribution in [2.24, 2.45) is 11.8 Å². The van der Waals surface area contributed by atoms with Crippen LogP contribution in [0.4, 0.5) is 0 Å². The van der Waals surface area contributed by atoms with E-state index in [2.05, 4.69) is 4.90 Å². The molecule has 8 saturated heterocycles. The number of likely N-dealkylation sites (tertiary alicyclic amines) is 2. The van der Waals surface area contributed by atoms with Crippen LogP contribution in [0.5, 0.6) is 34.5 Å². The van der Waals surface area contributed by atoms with E-state index in [1.807, 2.05) is 4.90 Å². The number of phenolic OH excluding ortho intramolecular Hbond substituents is 4. The van der Waals surface area contributed by atoms with Crippen molar-refractivity contribution in [3.8, 4) is 34.5 Å². The van der Waals surface area contributed by atoms with Gasteiger partial charge >= 0.3 is 5.97 Å². The molecule has 10 aliphatic heterocycles. The highest BCUT2D eigenvalue weighted by molar-refractivity contribution is 6.33. The average Bonchev–Trinajstić information content (AvgIpc) is 1.53. The van der Waals surface area contributed by atoms with Gasteiger partial charge in [-0.3, -0.25) is 106 Å². The zero-order chi connectivity index (χ0) is 90.5. The number of benzene rings is 4. The lowest BCUT2D eigenvalue weighted by Crippen LogP contribution is -2.62. The summed E-state index contributed by atoms with van der Waals surface area (Å²) in [4.78, 5) is 219. The minimum Gasteiger partial charge on any atom is -0.507 e. The zero-order valence-electron chi connectivity index (χ0n) is 68.5. The van der Waals surface area contributed by atoms with Gasteiger partial charge in [0.25, 0.3) is 23.6 Å². The largest absolute Gasteiger partial charge is 0.507 e. The molecule has 10 heterocycles. The van der Waals surface area contributed by atoms with Gasteiger partial charge in [-0.25, -0.2) is 0 Å². The number of methoxy groups -OCH3 is 3. The first kappa shape index (κ1) is 87.4. The zero-order valence-corrected chi connectivity index (χ0v) is 68.5. The van der Waals surface area contributed by atoms with E-state index in [9.17, 15) is 118 Å². The molecule has 0 saturated carbocycles. The Morgan fingerprint density at radius 2 is 0.945 bits per heavy atom. The number of amides is 9. The number of esters is 1. The van der Waals surface area contributed by atoms with Gasteiger partial charge in [-0.15, -0.1) is 0 Å². The van der Waals surface area contributed by atoms with Crippen molar-refractivity contribution in [1.29, 1.82) is 0 Å². The van der Waals surface area contributed by atoms with E-state index < -0.39 is 319 Å². The Bertz CT molecular complexity index is 5530. The van der Waals surface area contributed by atoms with Crippen LogP contribution < -0.4 is 9.47 Å². The molecule has 2 unspecified atom stereocenters.